The first kappa shape index (κ1) is 23.7. The number of hydrogen-bond donors (Lipinski definition) is 2. The van der Waals surface area contributed by atoms with E-state index in [0.29, 0.717) is 19.3 Å². The highest BCUT2D eigenvalue weighted by Crippen LogP contribution is 2.19. The molecule has 1 aliphatic heterocycles. The quantitative estimate of drug-likeness (QED) is 0.220. The van der Waals surface area contributed by atoms with Gasteiger partial charge in [-0.15, -0.1) is 24.0 Å². The molecule has 2 aromatic rings. The fourth-order valence-electron chi connectivity index (χ4n) is 3.54. The van der Waals surface area contributed by atoms with Gasteiger partial charge in [0.05, 0.1) is 6.26 Å². The molecule has 0 bridgehead atoms. The van der Waals surface area contributed by atoms with E-state index in [1.807, 2.05) is 19.2 Å². The minimum Gasteiger partial charge on any atom is -0.467 e. The van der Waals surface area contributed by atoms with E-state index in [4.69, 9.17) is 9.15 Å². The number of nitrogens with zero attached hydrogens (tertiary/aromatic N) is 2. The van der Waals surface area contributed by atoms with Crippen LogP contribution in [0.3, 0.4) is 0 Å². The van der Waals surface area contributed by atoms with Gasteiger partial charge in [-0.1, -0.05) is 30.3 Å². The number of aliphatic imine (C=N–C) groups is 1. The lowest BCUT2D eigenvalue weighted by Gasteiger charge is -2.25. The van der Waals surface area contributed by atoms with Crippen LogP contribution in [0.15, 0.2) is 58.1 Å². The minimum absolute atomic E-state index is 0. The van der Waals surface area contributed by atoms with Gasteiger partial charge in [0, 0.05) is 39.3 Å². The predicted molar refractivity (Wildman–Crippen MR) is 128 cm³/mol. The van der Waals surface area contributed by atoms with Gasteiger partial charge in [0.1, 0.15) is 12.4 Å². The van der Waals surface area contributed by atoms with Crippen LogP contribution in [0, 0.1) is 0 Å². The average molecular weight is 512 g/mol. The molecule has 1 aliphatic rings. The van der Waals surface area contributed by atoms with E-state index in [1.165, 1.54) is 24.9 Å². The van der Waals surface area contributed by atoms with Gasteiger partial charge >= 0.3 is 0 Å². The summed E-state index contributed by atoms with van der Waals surface area (Å²) in [6, 6.07) is 15.1. The van der Waals surface area contributed by atoms with E-state index in [1.54, 1.807) is 6.26 Å². The number of halogens is 1. The minimum atomic E-state index is 0. The van der Waals surface area contributed by atoms with Crippen LogP contribution in [-0.2, 0) is 17.9 Å². The highest BCUT2D eigenvalue weighted by molar-refractivity contribution is 14.0. The summed E-state index contributed by atoms with van der Waals surface area (Å²) < 4.78 is 10.9. The molecule has 1 unspecified atom stereocenters. The Hall–Kier alpha value is -1.58. The number of benzene rings is 1. The maximum absolute atomic E-state index is 5.60. The van der Waals surface area contributed by atoms with Crippen molar-refractivity contribution in [3.63, 3.8) is 0 Å². The monoisotopic (exact) mass is 512 g/mol. The Kier molecular flexibility index (Phi) is 11.1. The first-order valence-corrected chi connectivity index (χ1v) is 10.2. The average Bonchev–Trinajstić information content (AvgIpc) is 3.40. The second-order valence-electron chi connectivity index (χ2n) is 7.12. The van der Waals surface area contributed by atoms with E-state index in [2.05, 4.69) is 50.9 Å². The number of rotatable bonds is 10. The van der Waals surface area contributed by atoms with Crippen molar-refractivity contribution in [2.24, 2.45) is 4.99 Å². The molecule has 2 heterocycles. The zero-order valence-corrected chi connectivity index (χ0v) is 19.5. The SMILES string of the molecule is CN=C(NCCCOCc1ccco1)NCC1CCCN1Cc1ccccc1.I. The third-order valence-electron chi connectivity index (χ3n) is 5.04. The maximum atomic E-state index is 5.60. The standard InChI is InChI=1S/C22H32N4O2.HI/c1-23-22(24-12-7-14-27-18-21-11-6-15-28-21)25-16-20-10-5-13-26(20)17-19-8-3-2-4-9-19;/h2-4,6,8-9,11,15,20H,5,7,10,12-14,16-18H2,1H3,(H2,23,24,25);1H. The van der Waals surface area contributed by atoms with Gasteiger partial charge in [0.15, 0.2) is 5.96 Å². The lowest BCUT2D eigenvalue weighted by Crippen LogP contribution is -2.45. The van der Waals surface area contributed by atoms with Gasteiger partial charge in [-0.25, -0.2) is 0 Å². The topological polar surface area (TPSA) is 62.0 Å². The molecular formula is C22H33IN4O2. The van der Waals surface area contributed by atoms with Crippen molar-refractivity contribution >= 4 is 29.9 Å². The number of likely N-dealkylation sites (tertiary alicyclic amines) is 1. The van der Waals surface area contributed by atoms with Crippen molar-refractivity contribution in [2.45, 2.75) is 38.5 Å². The molecule has 6 nitrogen and oxygen atoms in total. The summed E-state index contributed by atoms with van der Waals surface area (Å²) in [6.45, 7) is 5.15. The van der Waals surface area contributed by atoms with Gasteiger partial charge < -0.3 is 19.8 Å². The molecule has 2 N–H and O–H groups in total. The number of furan rings is 1. The molecule has 1 aromatic carbocycles. The van der Waals surface area contributed by atoms with E-state index in [9.17, 15) is 0 Å². The molecule has 1 aromatic heterocycles. The van der Waals surface area contributed by atoms with Crippen LogP contribution in [0.1, 0.15) is 30.6 Å². The van der Waals surface area contributed by atoms with Gasteiger partial charge in [0.2, 0.25) is 0 Å². The summed E-state index contributed by atoms with van der Waals surface area (Å²) in [7, 11) is 1.82. The zero-order valence-electron chi connectivity index (χ0n) is 17.2. The van der Waals surface area contributed by atoms with E-state index in [-0.39, 0.29) is 24.0 Å². The van der Waals surface area contributed by atoms with Gasteiger partial charge in [-0.05, 0) is 43.5 Å². The number of hydrogen-bond acceptors (Lipinski definition) is 4. The number of guanidine groups is 1. The Labute approximate surface area is 191 Å². The third-order valence-corrected chi connectivity index (χ3v) is 5.04. The molecule has 0 saturated carbocycles. The Bertz CT molecular complexity index is 694. The summed E-state index contributed by atoms with van der Waals surface area (Å²) in [5, 5.41) is 6.85. The Morgan fingerprint density at radius 2 is 2.07 bits per heavy atom. The lowest BCUT2D eigenvalue weighted by atomic mass is 10.2. The molecular weight excluding hydrogens is 479 g/mol. The molecule has 0 amide bonds. The second-order valence-corrected chi connectivity index (χ2v) is 7.12. The Morgan fingerprint density at radius 1 is 1.21 bits per heavy atom. The van der Waals surface area contributed by atoms with Crippen molar-refractivity contribution in [3.05, 3.63) is 60.1 Å². The largest absolute Gasteiger partial charge is 0.467 e. The molecule has 3 rings (SSSR count). The first-order valence-electron chi connectivity index (χ1n) is 10.2. The molecule has 1 fully saturated rings. The zero-order chi connectivity index (χ0) is 19.4. The molecule has 0 spiro atoms. The molecule has 160 valence electrons. The molecule has 1 saturated heterocycles. The Morgan fingerprint density at radius 3 is 2.83 bits per heavy atom. The fraction of sp³-hybridized carbons (Fsp3) is 0.500. The van der Waals surface area contributed by atoms with Crippen molar-refractivity contribution in [1.82, 2.24) is 15.5 Å². The van der Waals surface area contributed by atoms with Crippen LogP contribution in [0.2, 0.25) is 0 Å². The fourth-order valence-corrected chi connectivity index (χ4v) is 3.54. The molecule has 0 radical (unpaired) electrons. The predicted octanol–water partition coefficient (Wildman–Crippen LogP) is 3.63. The normalized spacial score (nSPS) is 17.1. The molecule has 0 aliphatic carbocycles. The van der Waals surface area contributed by atoms with Crippen LogP contribution < -0.4 is 10.6 Å². The highest BCUT2D eigenvalue weighted by atomic mass is 127. The van der Waals surface area contributed by atoms with Crippen LogP contribution in [0.25, 0.3) is 0 Å². The number of nitrogens with one attached hydrogen (secondary N) is 2. The first-order chi connectivity index (χ1) is 13.8. The van der Waals surface area contributed by atoms with E-state index < -0.39 is 0 Å². The van der Waals surface area contributed by atoms with Crippen LogP contribution in [0.4, 0.5) is 0 Å². The summed E-state index contributed by atoms with van der Waals surface area (Å²) in [4.78, 5) is 6.90. The van der Waals surface area contributed by atoms with Crippen molar-refractivity contribution in [1.29, 1.82) is 0 Å². The summed E-state index contributed by atoms with van der Waals surface area (Å²) >= 11 is 0. The maximum Gasteiger partial charge on any atom is 0.191 e. The van der Waals surface area contributed by atoms with Gasteiger partial charge in [-0.2, -0.15) is 0 Å². The van der Waals surface area contributed by atoms with E-state index >= 15 is 0 Å². The van der Waals surface area contributed by atoms with Crippen LogP contribution in [-0.4, -0.2) is 50.2 Å². The number of ether oxygens (including phenoxy) is 1. The Balaban J connectivity index is 0.00000300. The molecule has 29 heavy (non-hydrogen) atoms. The van der Waals surface area contributed by atoms with Crippen molar-refractivity contribution < 1.29 is 9.15 Å². The third kappa shape index (κ3) is 8.36. The van der Waals surface area contributed by atoms with Gasteiger partial charge in [-0.3, -0.25) is 9.89 Å². The highest BCUT2D eigenvalue weighted by Gasteiger charge is 2.24. The smallest absolute Gasteiger partial charge is 0.191 e. The molecule has 7 heteroatoms. The summed E-state index contributed by atoms with van der Waals surface area (Å²) in [5.74, 6) is 1.72. The summed E-state index contributed by atoms with van der Waals surface area (Å²) in [5.41, 5.74) is 1.38. The molecule has 1 atom stereocenters. The van der Waals surface area contributed by atoms with E-state index in [0.717, 1.165) is 37.8 Å². The van der Waals surface area contributed by atoms with Crippen molar-refractivity contribution in [2.75, 3.05) is 33.3 Å². The van der Waals surface area contributed by atoms with Crippen molar-refractivity contribution in [3.8, 4) is 0 Å². The van der Waals surface area contributed by atoms with Crippen LogP contribution >= 0.6 is 24.0 Å². The second kappa shape index (κ2) is 13.6. The summed E-state index contributed by atoms with van der Waals surface area (Å²) in [6.07, 6.45) is 5.09. The van der Waals surface area contributed by atoms with Gasteiger partial charge in [0.25, 0.3) is 0 Å². The lowest BCUT2D eigenvalue weighted by molar-refractivity contribution is 0.105. The van der Waals surface area contributed by atoms with Crippen LogP contribution in [0.5, 0.6) is 0 Å².